The standard InChI is InChI=1S/C22H21F4N3O3/c1-13-10-27-18-15(5-7-29(18)11-13)19(30)28-21(6-8-32-12-20(21,2)31)16-4-3-14(9-17(16)23)22(24,25)26/h3-5,7,9-11,31H,6,8,12H2,1-2H3,(H,28,30). The van der Waals surface area contributed by atoms with Gasteiger partial charge in [0.25, 0.3) is 5.91 Å². The number of aryl methyl sites for hydroxylation is 1. The predicted octanol–water partition coefficient (Wildman–Crippen LogP) is 3.60. The van der Waals surface area contributed by atoms with Gasteiger partial charge in [-0.1, -0.05) is 6.07 Å². The van der Waals surface area contributed by atoms with Crippen LogP contribution in [0, 0.1) is 12.7 Å². The first kappa shape index (κ1) is 22.2. The summed E-state index contributed by atoms with van der Waals surface area (Å²) in [5.41, 5.74) is -3.54. The number of fused-ring (bicyclic) bond motifs is 1. The number of carbonyl (C=O) groups is 1. The SMILES string of the molecule is Cc1cnc2c(C(=O)NC3(c4ccc(C(F)(F)F)cc4F)CCOCC3(C)O)ccn2c1. The van der Waals surface area contributed by atoms with Crippen LogP contribution < -0.4 is 5.32 Å². The summed E-state index contributed by atoms with van der Waals surface area (Å²) >= 11 is 0. The number of rotatable bonds is 3. The molecule has 2 N–H and O–H groups in total. The minimum Gasteiger partial charge on any atom is -0.385 e. The van der Waals surface area contributed by atoms with Gasteiger partial charge in [0.1, 0.15) is 22.6 Å². The Hall–Kier alpha value is -2.98. The molecule has 1 saturated heterocycles. The van der Waals surface area contributed by atoms with E-state index in [9.17, 15) is 23.1 Å². The fourth-order valence-electron chi connectivity index (χ4n) is 4.15. The Labute approximate surface area is 180 Å². The quantitative estimate of drug-likeness (QED) is 0.597. The molecule has 1 aliphatic heterocycles. The van der Waals surface area contributed by atoms with E-state index >= 15 is 4.39 Å². The van der Waals surface area contributed by atoms with E-state index in [4.69, 9.17) is 4.74 Å². The van der Waals surface area contributed by atoms with Gasteiger partial charge in [0.2, 0.25) is 0 Å². The number of aromatic nitrogens is 2. The summed E-state index contributed by atoms with van der Waals surface area (Å²) in [5.74, 6) is -1.83. The monoisotopic (exact) mass is 451 g/mol. The van der Waals surface area contributed by atoms with Crippen LogP contribution in [0.15, 0.2) is 42.9 Å². The number of benzene rings is 1. The highest BCUT2D eigenvalue weighted by atomic mass is 19.4. The lowest BCUT2D eigenvalue weighted by atomic mass is 9.71. The predicted molar refractivity (Wildman–Crippen MR) is 107 cm³/mol. The molecule has 3 aromatic rings. The third kappa shape index (κ3) is 3.63. The van der Waals surface area contributed by atoms with Crippen molar-refractivity contribution >= 4 is 11.6 Å². The molecule has 0 saturated carbocycles. The van der Waals surface area contributed by atoms with Crippen LogP contribution in [0.4, 0.5) is 17.6 Å². The Morgan fingerprint density at radius 2 is 2.06 bits per heavy atom. The fraction of sp³-hybridized carbons (Fsp3) is 0.364. The van der Waals surface area contributed by atoms with E-state index in [0.29, 0.717) is 11.7 Å². The first-order chi connectivity index (χ1) is 14.9. The molecule has 0 spiro atoms. The number of carbonyl (C=O) groups excluding carboxylic acids is 1. The molecule has 1 aliphatic rings. The van der Waals surface area contributed by atoms with Crippen LogP contribution in [-0.4, -0.2) is 39.2 Å². The summed E-state index contributed by atoms with van der Waals surface area (Å²) in [7, 11) is 0. The van der Waals surface area contributed by atoms with Gasteiger partial charge in [-0.3, -0.25) is 4.79 Å². The van der Waals surface area contributed by atoms with Crippen LogP contribution in [0.1, 0.15) is 40.4 Å². The number of hydrogen-bond acceptors (Lipinski definition) is 4. The van der Waals surface area contributed by atoms with Crippen LogP contribution in [-0.2, 0) is 16.5 Å². The molecule has 0 aliphatic carbocycles. The maximum atomic E-state index is 15.0. The Morgan fingerprint density at radius 1 is 1.31 bits per heavy atom. The van der Waals surface area contributed by atoms with E-state index < -0.39 is 34.6 Å². The second kappa shape index (κ2) is 7.56. The van der Waals surface area contributed by atoms with Gasteiger partial charge in [0.15, 0.2) is 0 Å². The Balaban J connectivity index is 1.80. The summed E-state index contributed by atoms with van der Waals surface area (Å²) in [5, 5.41) is 13.8. The molecule has 3 heterocycles. The molecule has 1 aromatic carbocycles. The van der Waals surface area contributed by atoms with Gasteiger partial charge >= 0.3 is 6.18 Å². The first-order valence-electron chi connectivity index (χ1n) is 9.88. The summed E-state index contributed by atoms with van der Waals surface area (Å²) in [6, 6.07) is 3.59. The molecule has 32 heavy (non-hydrogen) atoms. The molecule has 170 valence electrons. The normalized spacial score (nSPS) is 24.0. The van der Waals surface area contributed by atoms with E-state index in [1.54, 1.807) is 23.0 Å². The van der Waals surface area contributed by atoms with Crippen molar-refractivity contribution in [1.29, 1.82) is 0 Å². The molecule has 4 rings (SSSR count). The maximum Gasteiger partial charge on any atom is 0.416 e. The lowest BCUT2D eigenvalue weighted by Gasteiger charge is -2.49. The highest BCUT2D eigenvalue weighted by Crippen LogP contribution is 2.42. The first-order valence-corrected chi connectivity index (χ1v) is 9.88. The van der Waals surface area contributed by atoms with Crippen molar-refractivity contribution in [3.05, 3.63) is 70.9 Å². The summed E-state index contributed by atoms with van der Waals surface area (Å²) < 4.78 is 61.1. The van der Waals surface area contributed by atoms with Crippen molar-refractivity contribution in [2.75, 3.05) is 13.2 Å². The van der Waals surface area contributed by atoms with Gasteiger partial charge in [-0.05, 0) is 37.6 Å². The van der Waals surface area contributed by atoms with Crippen molar-refractivity contribution < 1.29 is 32.2 Å². The van der Waals surface area contributed by atoms with Crippen LogP contribution in [0.2, 0.25) is 0 Å². The largest absolute Gasteiger partial charge is 0.416 e. The van der Waals surface area contributed by atoms with Crippen molar-refractivity contribution in [3.63, 3.8) is 0 Å². The Kier molecular flexibility index (Phi) is 5.25. The molecular formula is C22H21F4N3O3. The second-order valence-corrected chi connectivity index (χ2v) is 8.22. The summed E-state index contributed by atoms with van der Waals surface area (Å²) in [4.78, 5) is 17.5. The van der Waals surface area contributed by atoms with Crippen molar-refractivity contribution in [1.82, 2.24) is 14.7 Å². The molecular weight excluding hydrogens is 430 g/mol. The van der Waals surface area contributed by atoms with Crippen molar-refractivity contribution in [2.45, 2.75) is 37.6 Å². The van der Waals surface area contributed by atoms with Gasteiger partial charge in [0.05, 0.1) is 17.7 Å². The number of amides is 1. The number of alkyl halides is 3. The lowest BCUT2D eigenvalue weighted by Crippen LogP contribution is -2.65. The van der Waals surface area contributed by atoms with Crippen LogP contribution in [0.25, 0.3) is 5.65 Å². The molecule has 2 atom stereocenters. The van der Waals surface area contributed by atoms with Crippen molar-refractivity contribution in [2.24, 2.45) is 0 Å². The van der Waals surface area contributed by atoms with Gasteiger partial charge in [-0.15, -0.1) is 0 Å². The average molecular weight is 451 g/mol. The van der Waals surface area contributed by atoms with E-state index in [1.807, 2.05) is 6.92 Å². The van der Waals surface area contributed by atoms with E-state index in [1.165, 1.54) is 13.0 Å². The van der Waals surface area contributed by atoms with Gasteiger partial charge < -0.3 is 19.6 Å². The second-order valence-electron chi connectivity index (χ2n) is 8.22. The Bertz CT molecular complexity index is 1190. The summed E-state index contributed by atoms with van der Waals surface area (Å²) in [6.45, 7) is 3.00. The maximum absolute atomic E-state index is 15.0. The molecule has 1 fully saturated rings. The zero-order valence-corrected chi connectivity index (χ0v) is 17.3. The highest BCUT2D eigenvalue weighted by molar-refractivity contribution is 6.00. The molecule has 6 nitrogen and oxygen atoms in total. The van der Waals surface area contributed by atoms with E-state index in [0.717, 1.165) is 17.7 Å². The number of ether oxygens (including phenoxy) is 1. The zero-order valence-electron chi connectivity index (χ0n) is 17.3. The lowest BCUT2D eigenvalue weighted by molar-refractivity contribution is -0.140. The van der Waals surface area contributed by atoms with E-state index in [-0.39, 0.29) is 30.8 Å². The molecule has 0 radical (unpaired) electrons. The topological polar surface area (TPSA) is 75.9 Å². The highest BCUT2D eigenvalue weighted by Gasteiger charge is 2.53. The van der Waals surface area contributed by atoms with Crippen LogP contribution >= 0.6 is 0 Å². The number of nitrogens with zero attached hydrogens (tertiary/aromatic N) is 2. The zero-order chi connectivity index (χ0) is 23.3. The average Bonchev–Trinajstić information content (AvgIpc) is 3.12. The summed E-state index contributed by atoms with van der Waals surface area (Å²) in [6.07, 6.45) is 0.213. The van der Waals surface area contributed by atoms with Gasteiger partial charge in [-0.25, -0.2) is 9.37 Å². The van der Waals surface area contributed by atoms with Gasteiger partial charge in [0, 0.05) is 37.2 Å². The Morgan fingerprint density at radius 3 is 2.72 bits per heavy atom. The fourth-order valence-corrected chi connectivity index (χ4v) is 4.15. The molecule has 1 amide bonds. The number of nitrogens with one attached hydrogen (secondary N) is 1. The van der Waals surface area contributed by atoms with Crippen LogP contribution in [0.3, 0.4) is 0 Å². The van der Waals surface area contributed by atoms with Crippen molar-refractivity contribution in [3.8, 4) is 0 Å². The minimum absolute atomic E-state index is 0.0493. The van der Waals surface area contributed by atoms with Crippen LogP contribution in [0.5, 0.6) is 0 Å². The molecule has 2 unspecified atom stereocenters. The minimum atomic E-state index is -4.73. The number of aliphatic hydroxyl groups is 1. The number of hydrogen-bond donors (Lipinski definition) is 2. The molecule has 10 heteroatoms. The number of halogens is 4. The molecule has 2 aromatic heterocycles. The third-order valence-electron chi connectivity index (χ3n) is 5.87. The third-order valence-corrected chi connectivity index (χ3v) is 5.87. The van der Waals surface area contributed by atoms with E-state index in [2.05, 4.69) is 10.3 Å². The smallest absolute Gasteiger partial charge is 0.385 e. The molecule has 0 bridgehead atoms. The van der Waals surface area contributed by atoms with Gasteiger partial charge in [-0.2, -0.15) is 13.2 Å².